The first kappa shape index (κ1) is 22.4. The summed E-state index contributed by atoms with van der Waals surface area (Å²) in [5.41, 5.74) is 0.902. The molecule has 2 amide bonds. The molecule has 9 heteroatoms. The van der Waals surface area contributed by atoms with Gasteiger partial charge in [0.05, 0.1) is 23.7 Å². The lowest BCUT2D eigenvalue weighted by atomic mass is 10.3. The van der Waals surface area contributed by atoms with E-state index in [1.54, 1.807) is 62.4 Å². The Balaban J connectivity index is 2.09. The number of hydrogen-bond donors (Lipinski definition) is 1. The maximum absolute atomic E-state index is 12.9. The van der Waals surface area contributed by atoms with Crippen molar-refractivity contribution in [2.45, 2.75) is 4.90 Å². The predicted octanol–water partition coefficient (Wildman–Crippen LogP) is 1.47. The van der Waals surface area contributed by atoms with Crippen LogP contribution in [0, 0.1) is 0 Å². The summed E-state index contributed by atoms with van der Waals surface area (Å²) < 4.78 is 27.0. The summed E-state index contributed by atoms with van der Waals surface area (Å²) in [6, 6.07) is 14.8. The molecule has 2 aromatic rings. The smallest absolute Gasteiger partial charge is 0.264 e. The molecule has 0 bridgehead atoms. The Labute approximate surface area is 171 Å². The third-order valence-electron chi connectivity index (χ3n) is 4.21. The van der Waals surface area contributed by atoms with Crippen molar-refractivity contribution in [3.63, 3.8) is 0 Å². The highest BCUT2D eigenvalue weighted by molar-refractivity contribution is 7.92. The topological polar surface area (TPSA) is 90.0 Å². The molecular weight excluding hydrogens is 392 g/mol. The van der Waals surface area contributed by atoms with Crippen LogP contribution >= 0.6 is 0 Å². The molecule has 0 radical (unpaired) electrons. The molecule has 0 aliphatic heterocycles. The Morgan fingerprint density at radius 3 is 2.17 bits per heavy atom. The number of hydrogen-bond acceptors (Lipinski definition) is 5. The van der Waals surface area contributed by atoms with Gasteiger partial charge in [0.15, 0.2) is 0 Å². The van der Waals surface area contributed by atoms with E-state index in [0.29, 0.717) is 11.4 Å². The molecule has 156 valence electrons. The zero-order valence-electron chi connectivity index (χ0n) is 17.0. The molecule has 0 aromatic heterocycles. The first-order valence-corrected chi connectivity index (χ1v) is 10.4. The number of carbonyl (C=O) groups excluding carboxylic acids is 2. The minimum absolute atomic E-state index is 0.000472. The number of amides is 2. The van der Waals surface area contributed by atoms with Gasteiger partial charge in [-0.1, -0.05) is 24.3 Å². The minimum Gasteiger partial charge on any atom is -0.348 e. The summed E-state index contributed by atoms with van der Waals surface area (Å²) in [4.78, 5) is 27.1. The Hall–Kier alpha value is -2.91. The van der Waals surface area contributed by atoms with E-state index in [-0.39, 0.29) is 29.8 Å². The monoisotopic (exact) mass is 418 g/mol. The summed E-state index contributed by atoms with van der Waals surface area (Å²) in [5, 5.41) is 2.68. The Morgan fingerprint density at radius 1 is 0.897 bits per heavy atom. The maximum Gasteiger partial charge on any atom is 0.264 e. The molecular formula is C20H26N4O4S. The van der Waals surface area contributed by atoms with Gasteiger partial charge in [-0.3, -0.25) is 18.8 Å². The van der Waals surface area contributed by atoms with Crippen molar-refractivity contribution in [3.8, 4) is 0 Å². The van der Waals surface area contributed by atoms with Gasteiger partial charge in [-0.25, -0.2) is 8.42 Å². The first-order valence-electron chi connectivity index (χ1n) is 8.94. The molecule has 0 aliphatic carbocycles. The van der Waals surface area contributed by atoms with Crippen LogP contribution in [0.5, 0.6) is 0 Å². The number of sulfonamides is 1. The summed E-state index contributed by atoms with van der Waals surface area (Å²) in [6.45, 7) is 0.108. The molecule has 0 fully saturated rings. The fourth-order valence-electron chi connectivity index (χ4n) is 2.54. The molecule has 0 unspecified atom stereocenters. The van der Waals surface area contributed by atoms with Gasteiger partial charge in [0.2, 0.25) is 11.8 Å². The van der Waals surface area contributed by atoms with Crippen molar-refractivity contribution in [1.29, 1.82) is 0 Å². The van der Waals surface area contributed by atoms with Crippen molar-refractivity contribution >= 4 is 33.2 Å². The molecule has 0 spiro atoms. The average Bonchev–Trinajstić information content (AvgIpc) is 2.67. The molecule has 29 heavy (non-hydrogen) atoms. The van der Waals surface area contributed by atoms with E-state index in [0.717, 1.165) is 0 Å². The van der Waals surface area contributed by atoms with Crippen molar-refractivity contribution in [3.05, 3.63) is 54.6 Å². The third-order valence-corrected chi connectivity index (χ3v) is 6.00. The summed E-state index contributed by atoms with van der Waals surface area (Å²) >= 11 is 0. The fourth-order valence-corrected chi connectivity index (χ4v) is 3.78. The zero-order chi connectivity index (χ0) is 21.6. The van der Waals surface area contributed by atoms with Crippen LogP contribution < -0.4 is 9.62 Å². The molecule has 0 aliphatic rings. The predicted molar refractivity (Wildman–Crippen MR) is 113 cm³/mol. The molecule has 0 heterocycles. The largest absolute Gasteiger partial charge is 0.348 e. The Kier molecular flexibility index (Phi) is 7.35. The zero-order valence-corrected chi connectivity index (χ0v) is 17.8. The third kappa shape index (κ3) is 6.03. The number of para-hydroxylation sites is 1. The number of nitrogens with zero attached hydrogens (tertiary/aromatic N) is 3. The molecule has 0 saturated heterocycles. The lowest BCUT2D eigenvalue weighted by Gasteiger charge is -2.20. The van der Waals surface area contributed by atoms with Gasteiger partial charge in [-0.05, 0) is 37.4 Å². The van der Waals surface area contributed by atoms with Crippen molar-refractivity contribution < 1.29 is 18.0 Å². The highest BCUT2D eigenvalue weighted by Crippen LogP contribution is 2.23. The van der Waals surface area contributed by atoms with Crippen LogP contribution in [-0.4, -0.2) is 71.3 Å². The van der Waals surface area contributed by atoms with E-state index in [2.05, 4.69) is 5.32 Å². The van der Waals surface area contributed by atoms with Crippen LogP contribution in [0.4, 0.5) is 11.4 Å². The van der Waals surface area contributed by atoms with Gasteiger partial charge in [-0.15, -0.1) is 0 Å². The second-order valence-electron chi connectivity index (χ2n) is 6.84. The van der Waals surface area contributed by atoms with E-state index < -0.39 is 10.0 Å². The van der Waals surface area contributed by atoms with Crippen LogP contribution in [0.2, 0.25) is 0 Å². The minimum atomic E-state index is -3.78. The quantitative estimate of drug-likeness (QED) is 0.701. The first-order chi connectivity index (χ1) is 13.6. The lowest BCUT2D eigenvalue weighted by molar-refractivity contribution is -0.130. The highest BCUT2D eigenvalue weighted by atomic mass is 32.2. The van der Waals surface area contributed by atoms with Gasteiger partial charge in [0.25, 0.3) is 10.0 Å². The van der Waals surface area contributed by atoms with Crippen molar-refractivity contribution in [2.24, 2.45) is 0 Å². The fraction of sp³-hybridized carbons (Fsp3) is 0.300. The molecule has 2 aromatic carbocycles. The highest BCUT2D eigenvalue weighted by Gasteiger charge is 2.22. The maximum atomic E-state index is 12.9. The van der Waals surface area contributed by atoms with Crippen molar-refractivity contribution in [1.82, 2.24) is 9.80 Å². The average molecular weight is 419 g/mol. The number of benzene rings is 2. The van der Waals surface area contributed by atoms with Crippen LogP contribution in [0.1, 0.15) is 0 Å². The molecule has 0 saturated carbocycles. The van der Waals surface area contributed by atoms with E-state index in [9.17, 15) is 18.0 Å². The number of rotatable bonds is 8. The molecule has 0 atom stereocenters. The molecule has 8 nitrogen and oxygen atoms in total. The van der Waals surface area contributed by atoms with Crippen LogP contribution in [0.15, 0.2) is 59.5 Å². The van der Waals surface area contributed by atoms with Gasteiger partial charge in [-0.2, -0.15) is 0 Å². The lowest BCUT2D eigenvalue weighted by Crippen LogP contribution is -2.38. The van der Waals surface area contributed by atoms with E-state index >= 15 is 0 Å². The van der Waals surface area contributed by atoms with Gasteiger partial charge in [0, 0.05) is 26.8 Å². The summed E-state index contributed by atoms with van der Waals surface area (Å²) in [7, 11) is 2.66. The number of anilines is 2. The second-order valence-corrected chi connectivity index (χ2v) is 8.81. The van der Waals surface area contributed by atoms with Crippen LogP contribution in [-0.2, 0) is 19.6 Å². The Morgan fingerprint density at radius 2 is 1.55 bits per heavy atom. The van der Waals surface area contributed by atoms with Gasteiger partial charge >= 0.3 is 0 Å². The van der Waals surface area contributed by atoms with E-state index in [4.69, 9.17) is 0 Å². The number of carbonyl (C=O) groups is 2. The van der Waals surface area contributed by atoms with E-state index in [1.807, 2.05) is 6.07 Å². The normalized spacial score (nSPS) is 11.2. The van der Waals surface area contributed by atoms with Gasteiger partial charge < -0.3 is 10.2 Å². The van der Waals surface area contributed by atoms with E-state index in [1.165, 1.54) is 28.4 Å². The van der Waals surface area contributed by atoms with Gasteiger partial charge in [0.1, 0.15) is 0 Å². The number of nitrogens with one attached hydrogen (secondary N) is 1. The van der Waals surface area contributed by atoms with Crippen LogP contribution in [0.3, 0.4) is 0 Å². The molecule has 1 N–H and O–H groups in total. The van der Waals surface area contributed by atoms with Crippen molar-refractivity contribution in [2.75, 3.05) is 50.9 Å². The number of likely N-dealkylation sites (N-methyl/N-ethyl adjacent to an activating group) is 2. The SMILES string of the molecule is CN(CC(=O)Nc1cccc(S(=O)(=O)N(C)c2ccccc2)c1)CC(=O)N(C)C. The standard InChI is InChI=1S/C20H26N4O4S/c1-22(2)20(26)15-23(3)14-19(25)21-16-9-8-12-18(13-16)29(27,28)24(4)17-10-6-5-7-11-17/h5-13H,14-15H2,1-4H3,(H,21,25). The van der Waals surface area contributed by atoms with Crippen LogP contribution in [0.25, 0.3) is 0 Å². The summed E-state index contributed by atoms with van der Waals surface area (Å²) in [6.07, 6.45) is 0. The molecule has 2 rings (SSSR count). The Bertz CT molecular complexity index is 961. The summed E-state index contributed by atoms with van der Waals surface area (Å²) in [5.74, 6) is -0.456. The second kappa shape index (κ2) is 9.53.